The van der Waals surface area contributed by atoms with E-state index in [-0.39, 0.29) is 5.91 Å². The maximum atomic E-state index is 12.0. The van der Waals surface area contributed by atoms with Gasteiger partial charge in [-0.25, -0.2) is 0 Å². The minimum Gasteiger partial charge on any atom is -0.312 e. The maximum Gasteiger partial charge on any atom is 0.256 e. The van der Waals surface area contributed by atoms with Crippen LogP contribution in [-0.2, 0) is 0 Å². The highest BCUT2D eigenvalue weighted by Gasteiger charge is 2.11. The smallest absolute Gasteiger partial charge is 0.256 e. The van der Waals surface area contributed by atoms with Gasteiger partial charge in [0.1, 0.15) is 11.1 Å². The molecule has 3 nitrogen and oxygen atoms in total. The molecule has 0 aliphatic rings. The highest BCUT2D eigenvalue weighted by molar-refractivity contribution is 9.11. The van der Waals surface area contributed by atoms with E-state index in [0.29, 0.717) is 16.1 Å². The van der Waals surface area contributed by atoms with Gasteiger partial charge in [0.25, 0.3) is 5.91 Å². The molecule has 2 rings (SSSR count). The summed E-state index contributed by atoms with van der Waals surface area (Å²) in [6, 6.07) is 9.00. The quantitative estimate of drug-likeness (QED) is 0.832. The van der Waals surface area contributed by atoms with Crippen molar-refractivity contribution in [3.8, 4) is 6.07 Å². The van der Waals surface area contributed by atoms with Gasteiger partial charge in [-0.15, -0.1) is 11.3 Å². The molecule has 1 heterocycles. The minimum atomic E-state index is -0.240. The molecule has 1 aromatic heterocycles. The van der Waals surface area contributed by atoms with E-state index in [1.165, 1.54) is 11.3 Å². The number of nitrogens with one attached hydrogen (secondary N) is 1. The van der Waals surface area contributed by atoms with E-state index in [2.05, 4.69) is 37.2 Å². The zero-order chi connectivity index (χ0) is 13.1. The van der Waals surface area contributed by atoms with Crippen LogP contribution in [0.15, 0.2) is 38.6 Å². The summed E-state index contributed by atoms with van der Waals surface area (Å²) in [5.74, 6) is -0.240. The van der Waals surface area contributed by atoms with E-state index in [4.69, 9.17) is 5.26 Å². The molecule has 6 heteroatoms. The van der Waals surface area contributed by atoms with Crippen molar-refractivity contribution in [1.82, 2.24) is 0 Å². The molecule has 0 spiro atoms. The molecule has 0 unspecified atom stereocenters. The zero-order valence-corrected chi connectivity index (χ0v) is 12.9. The SMILES string of the molecule is N#Cc1ccsc1NC(=O)c1cc(Br)cc(Br)c1. The van der Waals surface area contributed by atoms with Gasteiger partial charge in [-0.2, -0.15) is 5.26 Å². The fourth-order valence-corrected chi connectivity index (χ4v) is 3.38. The Balaban J connectivity index is 2.25. The Morgan fingerprint density at radius 2 is 1.94 bits per heavy atom. The van der Waals surface area contributed by atoms with Gasteiger partial charge in [0.05, 0.1) is 5.56 Å². The first kappa shape index (κ1) is 13.3. The van der Waals surface area contributed by atoms with E-state index in [9.17, 15) is 4.79 Å². The van der Waals surface area contributed by atoms with Gasteiger partial charge in [0.2, 0.25) is 0 Å². The van der Waals surface area contributed by atoms with Gasteiger partial charge in [-0.3, -0.25) is 4.79 Å². The first-order chi connectivity index (χ1) is 8.60. The molecule has 1 amide bonds. The lowest BCUT2D eigenvalue weighted by atomic mass is 10.2. The summed E-state index contributed by atoms with van der Waals surface area (Å²) in [5.41, 5.74) is 0.996. The average molecular weight is 386 g/mol. The van der Waals surface area contributed by atoms with Gasteiger partial charge in [-0.05, 0) is 29.6 Å². The maximum absolute atomic E-state index is 12.0. The van der Waals surface area contributed by atoms with Gasteiger partial charge < -0.3 is 5.32 Å². The first-order valence-electron chi connectivity index (χ1n) is 4.85. The van der Waals surface area contributed by atoms with Crippen LogP contribution in [0.2, 0.25) is 0 Å². The number of hydrogen-bond acceptors (Lipinski definition) is 3. The summed E-state index contributed by atoms with van der Waals surface area (Å²) >= 11 is 7.98. The average Bonchev–Trinajstić information content (AvgIpc) is 2.75. The number of anilines is 1. The largest absolute Gasteiger partial charge is 0.312 e. The predicted octanol–water partition coefficient (Wildman–Crippen LogP) is 4.40. The molecular formula is C12H6Br2N2OS. The monoisotopic (exact) mass is 384 g/mol. The zero-order valence-electron chi connectivity index (χ0n) is 8.91. The summed E-state index contributed by atoms with van der Waals surface area (Å²) in [5, 5.41) is 13.9. The second-order valence-electron chi connectivity index (χ2n) is 3.39. The molecule has 0 radical (unpaired) electrons. The van der Waals surface area contributed by atoms with Gasteiger partial charge >= 0.3 is 0 Å². The van der Waals surface area contributed by atoms with Crippen LogP contribution < -0.4 is 5.32 Å². The van der Waals surface area contributed by atoms with Crippen LogP contribution >= 0.6 is 43.2 Å². The van der Waals surface area contributed by atoms with Crippen molar-refractivity contribution in [3.63, 3.8) is 0 Å². The third-order valence-corrected chi connectivity index (χ3v) is 3.88. The second kappa shape index (κ2) is 5.65. The van der Waals surface area contributed by atoms with E-state index < -0.39 is 0 Å². The van der Waals surface area contributed by atoms with Crippen LogP contribution in [0.1, 0.15) is 15.9 Å². The Hall–Kier alpha value is -1.16. The Morgan fingerprint density at radius 3 is 2.56 bits per heavy atom. The van der Waals surface area contributed by atoms with Crippen LogP contribution in [0.5, 0.6) is 0 Å². The molecule has 1 N–H and O–H groups in total. The Kier molecular flexibility index (Phi) is 4.17. The number of carbonyl (C=O) groups excluding carboxylic acids is 1. The fourth-order valence-electron chi connectivity index (χ4n) is 1.35. The van der Waals surface area contributed by atoms with E-state index in [0.717, 1.165) is 8.95 Å². The molecular weight excluding hydrogens is 380 g/mol. The molecule has 2 aromatic rings. The lowest BCUT2D eigenvalue weighted by Gasteiger charge is -2.04. The molecule has 0 saturated carbocycles. The molecule has 18 heavy (non-hydrogen) atoms. The summed E-state index contributed by atoms with van der Waals surface area (Å²) in [7, 11) is 0. The minimum absolute atomic E-state index is 0.240. The topological polar surface area (TPSA) is 52.9 Å². The van der Waals surface area contributed by atoms with Crippen molar-refractivity contribution in [2.75, 3.05) is 5.32 Å². The third kappa shape index (κ3) is 2.99. The molecule has 90 valence electrons. The summed E-state index contributed by atoms with van der Waals surface area (Å²) < 4.78 is 1.63. The number of carbonyl (C=O) groups is 1. The molecule has 1 aromatic carbocycles. The van der Waals surface area contributed by atoms with E-state index in [1.54, 1.807) is 23.6 Å². The Bertz CT molecular complexity index is 626. The molecule has 0 aliphatic heterocycles. The number of halogens is 2. The number of rotatable bonds is 2. The van der Waals surface area contributed by atoms with Crippen LogP contribution in [0, 0.1) is 11.3 Å². The van der Waals surface area contributed by atoms with Gasteiger partial charge in [-0.1, -0.05) is 31.9 Å². The summed E-state index contributed by atoms with van der Waals surface area (Å²) in [4.78, 5) is 12.0. The lowest BCUT2D eigenvalue weighted by Crippen LogP contribution is -2.11. The molecule has 0 bridgehead atoms. The number of benzene rings is 1. The molecule has 0 atom stereocenters. The van der Waals surface area contributed by atoms with Crippen molar-refractivity contribution in [2.24, 2.45) is 0 Å². The van der Waals surface area contributed by atoms with Gasteiger partial charge in [0, 0.05) is 14.5 Å². The highest BCUT2D eigenvalue weighted by Crippen LogP contribution is 2.24. The summed E-state index contributed by atoms with van der Waals surface area (Å²) in [6.07, 6.45) is 0. The molecule has 0 aliphatic carbocycles. The standard InChI is InChI=1S/C12H6Br2N2OS/c13-9-3-8(4-10(14)5-9)11(17)16-12-7(6-15)1-2-18-12/h1-5H,(H,16,17). The lowest BCUT2D eigenvalue weighted by molar-refractivity contribution is 0.102. The van der Waals surface area contributed by atoms with Crippen LogP contribution in [0.3, 0.4) is 0 Å². The van der Waals surface area contributed by atoms with Crippen molar-refractivity contribution in [3.05, 3.63) is 49.7 Å². The highest BCUT2D eigenvalue weighted by atomic mass is 79.9. The second-order valence-corrected chi connectivity index (χ2v) is 6.13. The first-order valence-corrected chi connectivity index (χ1v) is 7.32. The van der Waals surface area contributed by atoms with Gasteiger partial charge in [0.15, 0.2) is 0 Å². The van der Waals surface area contributed by atoms with Crippen molar-refractivity contribution < 1.29 is 4.79 Å². The predicted molar refractivity (Wildman–Crippen MR) is 78.8 cm³/mol. The van der Waals surface area contributed by atoms with E-state index >= 15 is 0 Å². The number of nitrogens with zero attached hydrogens (tertiary/aromatic N) is 1. The van der Waals surface area contributed by atoms with Crippen LogP contribution in [0.4, 0.5) is 5.00 Å². The van der Waals surface area contributed by atoms with Crippen LogP contribution in [0.25, 0.3) is 0 Å². The Morgan fingerprint density at radius 1 is 1.28 bits per heavy atom. The number of amides is 1. The number of hydrogen-bond donors (Lipinski definition) is 1. The van der Waals surface area contributed by atoms with Crippen LogP contribution in [-0.4, -0.2) is 5.91 Å². The normalized spacial score (nSPS) is 9.83. The number of thiophene rings is 1. The van der Waals surface area contributed by atoms with Crippen molar-refractivity contribution >= 4 is 54.1 Å². The molecule has 0 fully saturated rings. The van der Waals surface area contributed by atoms with Crippen molar-refractivity contribution in [1.29, 1.82) is 5.26 Å². The molecule has 0 saturated heterocycles. The number of nitriles is 1. The summed E-state index contributed by atoms with van der Waals surface area (Å²) in [6.45, 7) is 0. The van der Waals surface area contributed by atoms with E-state index in [1.807, 2.05) is 12.1 Å². The third-order valence-electron chi connectivity index (χ3n) is 2.14. The Labute approximate surface area is 125 Å². The fraction of sp³-hybridized carbons (Fsp3) is 0. The van der Waals surface area contributed by atoms with Crippen molar-refractivity contribution in [2.45, 2.75) is 0 Å².